The van der Waals surface area contributed by atoms with Crippen molar-refractivity contribution in [1.29, 1.82) is 5.26 Å². The number of carbonyl (C=O) groups is 2. The van der Waals surface area contributed by atoms with E-state index in [0.29, 0.717) is 39.8 Å². The molecule has 0 saturated carbocycles. The first-order valence-electron chi connectivity index (χ1n) is 12.1. The summed E-state index contributed by atoms with van der Waals surface area (Å²) in [5.41, 5.74) is 4.89. The third-order valence-electron chi connectivity index (χ3n) is 5.52. The molecule has 2 N–H and O–H groups in total. The molecule has 9 heteroatoms. The quantitative estimate of drug-likeness (QED) is 0.264. The molecule has 3 rings (SSSR count). The minimum atomic E-state index is -0.790. The number of halogens is 1. The fraction of sp³-hybridized carbons (Fsp3) is 0.241. The van der Waals surface area contributed by atoms with Gasteiger partial charge in [0.2, 0.25) is 0 Å². The van der Waals surface area contributed by atoms with Gasteiger partial charge in [0.25, 0.3) is 11.8 Å². The van der Waals surface area contributed by atoms with Crippen LogP contribution >= 0.6 is 11.6 Å². The molecule has 3 aromatic rings. The second-order valence-corrected chi connectivity index (χ2v) is 9.07. The number of carbonyl (C=O) groups excluding carboxylic acids is 2. The summed E-state index contributed by atoms with van der Waals surface area (Å²) in [6.07, 6.45) is 1.48. The van der Waals surface area contributed by atoms with Crippen molar-refractivity contribution in [2.75, 3.05) is 6.61 Å². The van der Waals surface area contributed by atoms with E-state index < -0.39 is 11.9 Å². The van der Waals surface area contributed by atoms with Crippen LogP contribution in [0.3, 0.4) is 0 Å². The van der Waals surface area contributed by atoms with Gasteiger partial charge in [-0.1, -0.05) is 43.6 Å². The monoisotopic (exact) mass is 532 g/mol. The number of hydrogen-bond acceptors (Lipinski definition) is 6. The van der Waals surface area contributed by atoms with E-state index in [0.717, 1.165) is 5.56 Å². The molecule has 0 fully saturated rings. The maximum atomic E-state index is 12.8. The Labute approximate surface area is 227 Å². The number of nitrogens with one attached hydrogen (secondary N) is 2. The van der Waals surface area contributed by atoms with E-state index in [2.05, 4.69) is 21.9 Å². The van der Waals surface area contributed by atoms with E-state index >= 15 is 0 Å². The van der Waals surface area contributed by atoms with Gasteiger partial charge in [0.05, 0.1) is 24.5 Å². The number of amides is 2. The Hall–Kier alpha value is -4.35. The zero-order chi connectivity index (χ0) is 27.5. The van der Waals surface area contributed by atoms with Gasteiger partial charge in [0, 0.05) is 16.1 Å². The largest absolute Gasteiger partial charge is 0.490 e. The molecule has 0 heterocycles. The average Bonchev–Trinajstić information content (AvgIpc) is 2.91. The third-order valence-corrected chi connectivity index (χ3v) is 5.77. The van der Waals surface area contributed by atoms with Crippen LogP contribution in [-0.4, -0.2) is 30.7 Å². The predicted molar refractivity (Wildman–Crippen MR) is 146 cm³/mol. The SMILES string of the molecule is CCOc1cc(C=NNC(=O)C(NC(=O)c2ccc(Cl)cc2)C(C)C)ccc1OCc1ccccc1C#N. The fourth-order valence-electron chi connectivity index (χ4n) is 3.50. The van der Waals surface area contributed by atoms with Crippen molar-refractivity contribution < 1.29 is 19.1 Å². The van der Waals surface area contributed by atoms with Crippen LogP contribution in [-0.2, 0) is 11.4 Å². The molecule has 0 aliphatic rings. The van der Waals surface area contributed by atoms with Crippen LogP contribution < -0.4 is 20.2 Å². The number of nitrogens with zero attached hydrogens (tertiary/aromatic N) is 2. The molecular formula is C29H29ClN4O4. The highest BCUT2D eigenvalue weighted by Gasteiger charge is 2.24. The van der Waals surface area contributed by atoms with Gasteiger partial charge in [-0.3, -0.25) is 9.59 Å². The van der Waals surface area contributed by atoms with Gasteiger partial charge in [-0.25, -0.2) is 5.43 Å². The summed E-state index contributed by atoms with van der Waals surface area (Å²) in [4.78, 5) is 25.3. The number of ether oxygens (including phenoxy) is 2. The smallest absolute Gasteiger partial charge is 0.262 e. The van der Waals surface area contributed by atoms with Crippen molar-refractivity contribution in [3.63, 3.8) is 0 Å². The molecule has 0 aliphatic carbocycles. The molecule has 8 nitrogen and oxygen atoms in total. The highest BCUT2D eigenvalue weighted by Crippen LogP contribution is 2.29. The summed E-state index contributed by atoms with van der Waals surface area (Å²) in [6, 6.07) is 20.3. The number of hydrogen-bond donors (Lipinski definition) is 2. The Morgan fingerprint density at radius 1 is 1.05 bits per heavy atom. The number of hydrazone groups is 1. The first-order valence-corrected chi connectivity index (χ1v) is 12.5. The minimum Gasteiger partial charge on any atom is -0.490 e. The van der Waals surface area contributed by atoms with E-state index in [1.54, 1.807) is 54.6 Å². The van der Waals surface area contributed by atoms with E-state index in [4.69, 9.17) is 21.1 Å². The normalized spacial score (nSPS) is 11.6. The van der Waals surface area contributed by atoms with Crippen molar-refractivity contribution >= 4 is 29.6 Å². The molecule has 3 aromatic carbocycles. The summed E-state index contributed by atoms with van der Waals surface area (Å²) in [5, 5.41) is 16.6. The molecule has 0 spiro atoms. The second kappa shape index (κ2) is 13.8. The summed E-state index contributed by atoms with van der Waals surface area (Å²) >= 11 is 5.88. The van der Waals surface area contributed by atoms with Crippen LogP contribution in [0.15, 0.2) is 71.8 Å². The molecular weight excluding hydrogens is 504 g/mol. The number of benzene rings is 3. The summed E-state index contributed by atoms with van der Waals surface area (Å²) < 4.78 is 11.6. The molecule has 0 saturated heterocycles. The lowest BCUT2D eigenvalue weighted by molar-refractivity contribution is -0.123. The van der Waals surface area contributed by atoms with Crippen LogP contribution in [0.1, 0.15) is 47.8 Å². The van der Waals surface area contributed by atoms with Gasteiger partial charge in [0.15, 0.2) is 11.5 Å². The van der Waals surface area contributed by atoms with Crippen LogP contribution in [0.4, 0.5) is 0 Å². The highest BCUT2D eigenvalue weighted by atomic mass is 35.5. The van der Waals surface area contributed by atoms with Crippen LogP contribution in [0.2, 0.25) is 5.02 Å². The lowest BCUT2D eigenvalue weighted by atomic mass is 10.0. The molecule has 0 radical (unpaired) electrons. The second-order valence-electron chi connectivity index (χ2n) is 8.63. The summed E-state index contributed by atoms with van der Waals surface area (Å²) in [6.45, 7) is 6.16. The number of nitriles is 1. The summed E-state index contributed by atoms with van der Waals surface area (Å²) in [7, 11) is 0. The van der Waals surface area contributed by atoms with Crippen molar-refractivity contribution in [1.82, 2.24) is 10.7 Å². The first kappa shape index (κ1) is 28.2. The summed E-state index contributed by atoms with van der Waals surface area (Å²) in [5.74, 6) is 0.0280. The van der Waals surface area contributed by atoms with Crippen molar-refractivity contribution in [3.05, 3.63) is 94.0 Å². The van der Waals surface area contributed by atoms with E-state index in [1.807, 2.05) is 32.9 Å². The van der Waals surface area contributed by atoms with Gasteiger partial charge in [-0.2, -0.15) is 10.4 Å². The highest BCUT2D eigenvalue weighted by molar-refractivity contribution is 6.30. The van der Waals surface area contributed by atoms with Crippen molar-refractivity contribution in [2.45, 2.75) is 33.4 Å². The van der Waals surface area contributed by atoms with Gasteiger partial charge >= 0.3 is 0 Å². The Bertz CT molecular complexity index is 1330. The molecule has 0 aromatic heterocycles. The predicted octanol–water partition coefficient (Wildman–Crippen LogP) is 5.09. The van der Waals surface area contributed by atoms with Gasteiger partial charge in [-0.15, -0.1) is 0 Å². The van der Waals surface area contributed by atoms with Gasteiger partial charge in [-0.05, 0) is 66.9 Å². The topological polar surface area (TPSA) is 113 Å². The van der Waals surface area contributed by atoms with Crippen LogP contribution in [0.5, 0.6) is 11.5 Å². The average molecular weight is 533 g/mol. The Balaban J connectivity index is 1.65. The molecule has 1 atom stereocenters. The molecule has 2 amide bonds. The zero-order valence-electron chi connectivity index (χ0n) is 21.4. The van der Waals surface area contributed by atoms with Crippen LogP contribution in [0, 0.1) is 17.2 Å². The molecule has 0 aliphatic heterocycles. The van der Waals surface area contributed by atoms with E-state index in [9.17, 15) is 14.9 Å². The number of rotatable bonds is 11. The van der Waals surface area contributed by atoms with Gasteiger partial charge < -0.3 is 14.8 Å². The Kier molecular flexibility index (Phi) is 10.3. The third kappa shape index (κ3) is 7.82. The maximum Gasteiger partial charge on any atom is 0.262 e. The maximum absolute atomic E-state index is 12.8. The lowest BCUT2D eigenvalue weighted by Gasteiger charge is -2.20. The van der Waals surface area contributed by atoms with Crippen LogP contribution in [0.25, 0.3) is 0 Å². The molecule has 0 bridgehead atoms. The first-order chi connectivity index (χ1) is 18.3. The van der Waals surface area contributed by atoms with E-state index in [1.165, 1.54) is 6.21 Å². The minimum absolute atomic E-state index is 0.173. The van der Waals surface area contributed by atoms with Crippen molar-refractivity contribution in [3.8, 4) is 17.6 Å². The van der Waals surface area contributed by atoms with Crippen molar-refractivity contribution in [2.24, 2.45) is 11.0 Å². The molecule has 38 heavy (non-hydrogen) atoms. The molecule has 196 valence electrons. The fourth-order valence-corrected chi connectivity index (χ4v) is 3.63. The molecule has 1 unspecified atom stereocenters. The Morgan fingerprint density at radius 3 is 2.47 bits per heavy atom. The Morgan fingerprint density at radius 2 is 1.79 bits per heavy atom. The van der Waals surface area contributed by atoms with E-state index in [-0.39, 0.29) is 18.4 Å². The lowest BCUT2D eigenvalue weighted by Crippen LogP contribution is -2.48. The standard InChI is InChI=1S/C29H29ClN4O4/c1-4-37-26-15-20(9-14-25(26)38-18-23-8-6-5-7-22(23)16-31)17-32-34-29(36)27(19(2)3)33-28(35)21-10-12-24(30)13-11-21/h5-15,17,19,27H,4,18H2,1-3H3,(H,33,35)(H,34,36). The zero-order valence-corrected chi connectivity index (χ0v) is 22.2. The van der Waals surface area contributed by atoms with Gasteiger partial charge in [0.1, 0.15) is 12.6 Å².